The van der Waals surface area contributed by atoms with Gasteiger partial charge >= 0.3 is 0 Å². The van der Waals surface area contributed by atoms with Gasteiger partial charge in [0.05, 0.1) is 17.2 Å². The SMILES string of the molecule is Cl.NC(=O)c1ccc(Oc2ccc(/C=C3\SC(=S)N(c4ccc(OCCCN5CCCC5)cc4)C3=O)cc2)cc1. The number of nitrogens with zero attached hydrogens (tertiary/aromatic N) is 2. The van der Waals surface area contributed by atoms with Gasteiger partial charge in [0.1, 0.15) is 17.2 Å². The third-order valence-electron chi connectivity index (χ3n) is 6.53. The summed E-state index contributed by atoms with van der Waals surface area (Å²) in [7, 11) is 0. The molecular weight excluding hydrogens is 566 g/mol. The number of rotatable bonds is 10. The summed E-state index contributed by atoms with van der Waals surface area (Å²) in [4.78, 5) is 29.0. The molecule has 0 saturated carbocycles. The lowest BCUT2D eigenvalue weighted by Gasteiger charge is -2.16. The minimum atomic E-state index is -0.485. The number of halogens is 1. The van der Waals surface area contributed by atoms with E-state index in [1.54, 1.807) is 29.2 Å². The Kier molecular flexibility index (Phi) is 10.2. The topological polar surface area (TPSA) is 85.1 Å². The molecule has 0 aromatic heterocycles. The Labute approximate surface area is 249 Å². The normalized spacial score (nSPS) is 16.3. The number of thioether (sulfide) groups is 1. The highest BCUT2D eigenvalue weighted by atomic mass is 35.5. The summed E-state index contributed by atoms with van der Waals surface area (Å²) < 4.78 is 12.2. The Morgan fingerprint density at radius 1 is 0.925 bits per heavy atom. The van der Waals surface area contributed by atoms with Crippen LogP contribution in [0.2, 0.25) is 0 Å². The van der Waals surface area contributed by atoms with E-state index >= 15 is 0 Å². The van der Waals surface area contributed by atoms with E-state index in [1.165, 1.54) is 37.7 Å². The Morgan fingerprint density at radius 2 is 1.52 bits per heavy atom. The van der Waals surface area contributed by atoms with Crippen molar-refractivity contribution in [3.8, 4) is 17.2 Å². The van der Waals surface area contributed by atoms with Gasteiger partial charge in [-0.1, -0.05) is 36.1 Å². The van der Waals surface area contributed by atoms with Crippen LogP contribution in [-0.2, 0) is 4.79 Å². The van der Waals surface area contributed by atoms with Crippen LogP contribution >= 0.6 is 36.4 Å². The van der Waals surface area contributed by atoms with Crippen molar-refractivity contribution in [1.29, 1.82) is 0 Å². The minimum absolute atomic E-state index is 0. The molecule has 7 nitrogen and oxygen atoms in total. The molecule has 10 heteroatoms. The maximum absolute atomic E-state index is 13.2. The summed E-state index contributed by atoms with van der Waals surface area (Å²) in [5.41, 5.74) is 7.26. The Balaban J connectivity index is 0.00000370. The maximum Gasteiger partial charge on any atom is 0.270 e. The molecule has 40 heavy (non-hydrogen) atoms. The molecule has 208 valence electrons. The predicted molar refractivity (Wildman–Crippen MR) is 167 cm³/mol. The van der Waals surface area contributed by atoms with Crippen molar-refractivity contribution >= 4 is 64.3 Å². The maximum atomic E-state index is 13.2. The average Bonchev–Trinajstić information content (AvgIpc) is 3.56. The fourth-order valence-electron chi connectivity index (χ4n) is 4.47. The van der Waals surface area contributed by atoms with Crippen LogP contribution in [0.15, 0.2) is 77.7 Å². The van der Waals surface area contributed by atoms with Crippen molar-refractivity contribution in [1.82, 2.24) is 4.90 Å². The average molecular weight is 596 g/mol. The molecule has 2 heterocycles. The molecular formula is C30H30ClN3O4S2. The lowest BCUT2D eigenvalue weighted by molar-refractivity contribution is -0.113. The third-order valence-corrected chi connectivity index (χ3v) is 7.83. The number of benzene rings is 3. The van der Waals surface area contributed by atoms with Gasteiger partial charge in [-0.3, -0.25) is 14.5 Å². The second-order valence-corrected chi connectivity index (χ2v) is 11.0. The number of nitrogens with two attached hydrogens (primary N) is 1. The van der Waals surface area contributed by atoms with E-state index in [9.17, 15) is 9.59 Å². The summed E-state index contributed by atoms with van der Waals surface area (Å²) in [6.45, 7) is 4.14. The van der Waals surface area contributed by atoms with Crippen LogP contribution in [0.25, 0.3) is 6.08 Å². The van der Waals surface area contributed by atoms with Crippen molar-refractivity contribution in [3.05, 3.63) is 88.8 Å². The van der Waals surface area contributed by atoms with Gasteiger partial charge in [0.2, 0.25) is 5.91 Å². The number of amides is 2. The van der Waals surface area contributed by atoms with Crippen molar-refractivity contribution in [2.45, 2.75) is 19.3 Å². The molecule has 2 aliphatic rings. The minimum Gasteiger partial charge on any atom is -0.494 e. The Hall–Kier alpha value is -3.37. The number of primary amides is 1. The first-order valence-corrected chi connectivity index (χ1v) is 14.1. The summed E-state index contributed by atoms with van der Waals surface area (Å²) in [5.74, 6) is 1.37. The van der Waals surface area contributed by atoms with Gasteiger partial charge < -0.3 is 20.1 Å². The van der Waals surface area contributed by atoms with Crippen molar-refractivity contribution in [2.75, 3.05) is 31.1 Å². The number of hydrogen-bond donors (Lipinski definition) is 1. The molecule has 3 aromatic carbocycles. The highest BCUT2D eigenvalue weighted by Crippen LogP contribution is 2.36. The smallest absolute Gasteiger partial charge is 0.270 e. The van der Waals surface area contributed by atoms with Crippen molar-refractivity contribution in [2.24, 2.45) is 5.73 Å². The van der Waals surface area contributed by atoms with Crippen molar-refractivity contribution in [3.63, 3.8) is 0 Å². The van der Waals surface area contributed by atoms with Gasteiger partial charge in [-0.05, 0) is 105 Å². The van der Waals surface area contributed by atoms with Crippen LogP contribution in [0.3, 0.4) is 0 Å². The Bertz CT molecular complexity index is 1370. The number of thiocarbonyl (C=S) groups is 1. The van der Waals surface area contributed by atoms with E-state index in [0.29, 0.717) is 32.9 Å². The van der Waals surface area contributed by atoms with E-state index in [-0.39, 0.29) is 18.3 Å². The summed E-state index contributed by atoms with van der Waals surface area (Å²) in [5, 5.41) is 0. The first kappa shape index (κ1) is 29.6. The number of carbonyl (C=O) groups excluding carboxylic acids is 2. The third kappa shape index (κ3) is 7.42. The fourth-order valence-corrected chi connectivity index (χ4v) is 5.77. The molecule has 2 saturated heterocycles. The highest BCUT2D eigenvalue weighted by molar-refractivity contribution is 8.27. The first-order chi connectivity index (χ1) is 19.0. The number of anilines is 1. The predicted octanol–water partition coefficient (Wildman–Crippen LogP) is 6.27. The molecule has 0 bridgehead atoms. The van der Waals surface area contributed by atoms with E-state index in [4.69, 9.17) is 27.4 Å². The summed E-state index contributed by atoms with van der Waals surface area (Å²) in [6.07, 6.45) is 5.42. The van der Waals surface area contributed by atoms with E-state index in [0.717, 1.165) is 30.0 Å². The molecule has 0 atom stereocenters. The second-order valence-electron chi connectivity index (χ2n) is 9.32. The molecule has 2 fully saturated rings. The van der Waals surface area contributed by atoms with Crippen molar-refractivity contribution < 1.29 is 19.1 Å². The van der Waals surface area contributed by atoms with E-state index in [1.807, 2.05) is 54.6 Å². The monoisotopic (exact) mass is 595 g/mol. The number of likely N-dealkylation sites (tertiary alicyclic amines) is 1. The van der Waals surface area contributed by atoms with Gasteiger partial charge in [0, 0.05) is 12.1 Å². The van der Waals surface area contributed by atoms with Crippen LogP contribution in [0, 0.1) is 0 Å². The van der Waals surface area contributed by atoms with Crippen LogP contribution < -0.4 is 20.1 Å². The summed E-state index contributed by atoms with van der Waals surface area (Å²) >= 11 is 6.80. The molecule has 0 aliphatic carbocycles. The number of carbonyl (C=O) groups is 2. The molecule has 2 aliphatic heterocycles. The van der Waals surface area contributed by atoms with Crippen LogP contribution in [0.5, 0.6) is 17.2 Å². The quantitative estimate of drug-likeness (QED) is 0.168. The largest absolute Gasteiger partial charge is 0.494 e. The lowest BCUT2D eigenvalue weighted by Crippen LogP contribution is -2.27. The van der Waals surface area contributed by atoms with Gasteiger partial charge in [-0.15, -0.1) is 12.4 Å². The zero-order valence-electron chi connectivity index (χ0n) is 21.8. The molecule has 0 unspecified atom stereocenters. The van der Waals surface area contributed by atoms with Crippen LogP contribution in [-0.4, -0.2) is 47.3 Å². The summed E-state index contributed by atoms with van der Waals surface area (Å²) in [6, 6.07) is 21.5. The zero-order chi connectivity index (χ0) is 27.2. The molecule has 0 radical (unpaired) electrons. The van der Waals surface area contributed by atoms with E-state index in [2.05, 4.69) is 4.90 Å². The zero-order valence-corrected chi connectivity index (χ0v) is 24.2. The fraction of sp³-hybridized carbons (Fsp3) is 0.233. The molecule has 2 N–H and O–H groups in total. The molecule has 5 rings (SSSR count). The molecule has 2 amide bonds. The standard InChI is InChI=1S/C30H29N3O4S2.ClH/c31-28(34)22-6-12-26(13-7-22)37-25-10-4-21(5-11-25)20-27-29(35)33(30(38)39-27)23-8-14-24(15-9-23)36-19-3-18-32-16-1-2-17-32;/h4-15,20H,1-3,16-19H2,(H2,31,34);1H/b27-20-;. The van der Waals surface area contributed by atoms with E-state index < -0.39 is 5.91 Å². The van der Waals surface area contributed by atoms with Gasteiger partial charge in [0.25, 0.3) is 5.91 Å². The van der Waals surface area contributed by atoms with Gasteiger partial charge in [-0.25, -0.2) is 0 Å². The van der Waals surface area contributed by atoms with Crippen LogP contribution in [0.4, 0.5) is 5.69 Å². The highest BCUT2D eigenvalue weighted by Gasteiger charge is 2.33. The molecule has 3 aromatic rings. The van der Waals surface area contributed by atoms with Gasteiger partial charge in [-0.2, -0.15) is 0 Å². The second kappa shape index (κ2) is 13.8. The number of ether oxygens (including phenoxy) is 2. The number of hydrogen-bond acceptors (Lipinski definition) is 7. The van der Waals surface area contributed by atoms with Gasteiger partial charge in [0.15, 0.2) is 4.32 Å². The lowest BCUT2D eigenvalue weighted by atomic mass is 10.2. The Morgan fingerprint density at radius 3 is 2.15 bits per heavy atom. The van der Waals surface area contributed by atoms with Crippen LogP contribution in [0.1, 0.15) is 35.2 Å². The molecule has 0 spiro atoms. The first-order valence-electron chi connectivity index (χ1n) is 12.9.